The molecule has 3 N–H and O–H groups in total. The summed E-state index contributed by atoms with van der Waals surface area (Å²) in [6, 6.07) is 11.9. The second kappa shape index (κ2) is 15.4. The van der Waals surface area contributed by atoms with Crippen LogP contribution in [-0.2, 0) is 10.3 Å². The highest BCUT2D eigenvalue weighted by Gasteiger charge is 2.43. The van der Waals surface area contributed by atoms with Crippen LogP contribution in [0.2, 0.25) is 0 Å². The third-order valence-corrected chi connectivity index (χ3v) is 7.78. The second-order valence-corrected chi connectivity index (χ2v) is 11.5. The van der Waals surface area contributed by atoms with E-state index in [-0.39, 0.29) is 23.8 Å². The Labute approximate surface area is 239 Å². The van der Waals surface area contributed by atoms with Crippen molar-refractivity contribution in [3.8, 4) is 11.5 Å². The highest BCUT2D eigenvalue weighted by Crippen LogP contribution is 2.44. The number of piperidine rings is 1. The van der Waals surface area contributed by atoms with E-state index in [1.165, 1.54) is 12.1 Å². The maximum atomic E-state index is 13.7. The van der Waals surface area contributed by atoms with E-state index >= 15 is 0 Å². The number of carbonyl (C=O) groups excluding carboxylic acids is 1. The van der Waals surface area contributed by atoms with Gasteiger partial charge in [-0.2, -0.15) is 0 Å². The van der Waals surface area contributed by atoms with Crippen molar-refractivity contribution in [2.24, 2.45) is 11.8 Å². The Morgan fingerprint density at radius 2 is 1.98 bits per heavy atom. The lowest BCUT2D eigenvalue weighted by Gasteiger charge is -2.43. The number of halogens is 1. The first-order valence-corrected chi connectivity index (χ1v) is 14.6. The van der Waals surface area contributed by atoms with Gasteiger partial charge in [0.05, 0.1) is 5.60 Å². The van der Waals surface area contributed by atoms with E-state index < -0.39 is 5.60 Å². The van der Waals surface area contributed by atoms with E-state index in [1.807, 2.05) is 36.2 Å². The number of likely N-dealkylation sites (N-methyl/N-ethyl adjacent to an activating group) is 1. The molecule has 1 fully saturated rings. The number of para-hydroxylation sites is 1. The van der Waals surface area contributed by atoms with Crippen molar-refractivity contribution in [1.29, 1.82) is 0 Å². The maximum Gasteiger partial charge on any atom is 0.317 e. The molecule has 2 aromatic rings. The van der Waals surface area contributed by atoms with Gasteiger partial charge in [-0.25, -0.2) is 9.18 Å². The van der Waals surface area contributed by atoms with Crippen LogP contribution in [0.4, 0.5) is 9.18 Å². The minimum Gasteiger partial charge on any atom is -0.457 e. The summed E-state index contributed by atoms with van der Waals surface area (Å²) in [7, 11) is 3.58. The molecule has 3 rings (SSSR count). The van der Waals surface area contributed by atoms with E-state index in [0.29, 0.717) is 61.2 Å². The lowest BCUT2D eigenvalue weighted by atomic mass is 9.73. The molecule has 0 radical (unpaired) electrons. The molecule has 7 nitrogen and oxygen atoms in total. The standard InChI is InChI=1S/C32H48FN3O4/c1-23(2)19-27(21-34-4)35-31(37)36-17-10-11-25(22-36)32(38,16-8-9-18-39-5)28-12-6-7-13-30(28)40-29-15-14-26(33)20-24(29)3/h6-7,12-15,20,23,25,27,34,38H,8-11,16-19,21-22H2,1-5H3,(H,35,37)/t25-,27+,32+/m1/s1. The van der Waals surface area contributed by atoms with E-state index in [4.69, 9.17) is 9.47 Å². The third kappa shape index (κ3) is 8.66. The number of amides is 2. The number of hydrogen-bond donors (Lipinski definition) is 3. The summed E-state index contributed by atoms with van der Waals surface area (Å²) in [6.45, 7) is 8.54. The molecule has 0 bridgehead atoms. The van der Waals surface area contributed by atoms with Gasteiger partial charge < -0.3 is 30.1 Å². The van der Waals surface area contributed by atoms with Gasteiger partial charge in [0.1, 0.15) is 17.3 Å². The highest BCUT2D eigenvalue weighted by molar-refractivity contribution is 5.74. The van der Waals surface area contributed by atoms with Gasteiger partial charge in [0.2, 0.25) is 0 Å². The van der Waals surface area contributed by atoms with Gasteiger partial charge in [-0.1, -0.05) is 32.0 Å². The first kappa shape index (κ1) is 31.8. The first-order valence-electron chi connectivity index (χ1n) is 14.6. The van der Waals surface area contributed by atoms with Gasteiger partial charge >= 0.3 is 6.03 Å². The van der Waals surface area contributed by atoms with Crippen molar-refractivity contribution < 1.29 is 23.8 Å². The van der Waals surface area contributed by atoms with Crippen LogP contribution in [0.15, 0.2) is 42.5 Å². The molecule has 0 aliphatic carbocycles. The molecular formula is C32H48FN3O4. The number of ether oxygens (including phenoxy) is 2. The smallest absolute Gasteiger partial charge is 0.317 e. The summed E-state index contributed by atoms with van der Waals surface area (Å²) >= 11 is 0. The molecular weight excluding hydrogens is 509 g/mol. The average molecular weight is 558 g/mol. The largest absolute Gasteiger partial charge is 0.457 e. The number of urea groups is 1. The minimum absolute atomic E-state index is 0.0406. The summed E-state index contributed by atoms with van der Waals surface area (Å²) in [5.41, 5.74) is 0.146. The predicted octanol–water partition coefficient (Wildman–Crippen LogP) is 5.99. The van der Waals surface area contributed by atoms with Crippen molar-refractivity contribution in [3.63, 3.8) is 0 Å². The van der Waals surface area contributed by atoms with Crippen molar-refractivity contribution in [1.82, 2.24) is 15.5 Å². The van der Waals surface area contributed by atoms with Crippen molar-refractivity contribution in [2.45, 2.75) is 70.9 Å². The Morgan fingerprint density at radius 3 is 2.67 bits per heavy atom. The quantitative estimate of drug-likeness (QED) is 0.249. The molecule has 0 spiro atoms. The summed E-state index contributed by atoms with van der Waals surface area (Å²) in [5, 5.41) is 18.9. The molecule has 0 unspecified atom stereocenters. The number of aryl methyl sites for hydroxylation is 1. The molecule has 8 heteroatoms. The lowest BCUT2D eigenvalue weighted by Crippen LogP contribution is -2.54. The third-order valence-electron chi connectivity index (χ3n) is 7.78. The van der Waals surface area contributed by atoms with Gasteiger partial charge in [0.15, 0.2) is 0 Å². The molecule has 1 aliphatic rings. The fraction of sp³-hybridized carbons (Fsp3) is 0.594. The van der Waals surface area contributed by atoms with E-state index in [0.717, 1.165) is 32.1 Å². The van der Waals surface area contributed by atoms with Gasteiger partial charge in [-0.05, 0) is 88.2 Å². The van der Waals surface area contributed by atoms with Gasteiger partial charge in [-0.15, -0.1) is 0 Å². The topological polar surface area (TPSA) is 83.1 Å². The van der Waals surface area contributed by atoms with Crippen molar-refractivity contribution in [3.05, 3.63) is 59.4 Å². The van der Waals surface area contributed by atoms with Crippen LogP contribution in [0, 0.1) is 24.6 Å². The zero-order valence-electron chi connectivity index (χ0n) is 24.8. The zero-order chi connectivity index (χ0) is 29.1. The fourth-order valence-electron chi connectivity index (χ4n) is 5.78. The number of unbranched alkanes of at least 4 members (excludes halogenated alkanes) is 1. The molecule has 0 saturated carbocycles. The van der Waals surface area contributed by atoms with Gasteiger partial charge in [0, 0.05) is 50.9 Å². The number of rotatable bonds is 14. The SMILES string of the molecule is CNC[C@H](CC(C)C)NC(=O)N1CCC[C@@H]([C@@](O)(CCCCOC)c2ccccc2Oc2ccc(F)cc2C)C1. The van der Waals surface area contributed by atoms with Crippen LogP contribution in [0.5, 0.6) is 11.5 Å². The summed E-state index contributed by atoms with van der Waals surface area (Å²) in [6.07, 6.45) is 4.57. The van der Waals surface area contributed by atoms with E-state index in [1.54, 1.807) is 20.1 Å². The molecule has 0 aromatic heterocycles. The highest BCUT2D eigenvalue weighted by atomic mass is 19.1. The Hall–Kier alpha value is -2.68. The Bertz CT molecular complexity index is 1080. The molecule has 40 heavy (non-hydrogen) atoms. The number of aliphatic hydroxyl groups is 1. The van der Waals surface area contributed by atoms with E-state index in [2.05, 4.69) is 24.5 Å². The van der Waals surface area contributed by atoms with Crippen LogP contribution in [0.25, 0.3) is 0 Å². The zero-order valence-corrected chi connectivity index (χ0v) is 24.8. The fourth-order valence-corrected chi connectivity index (χ4v) is 5.78. The average Bonchev–Trinajstić information content (AvgIpc) is 2.92. The molecule has 2 aromatic carbocycles. The normalized spacial score (nSPS) is 17.9. The predicted molar refractivity (Wildman–Crippen MR) is 157 cm³/mol. The minimum atomic E-state index is -1.22. The van der Waals surface area contributed by atoms with Crippen LogP contribution >= 0.6 is 0 Å². The number of hydrogen-bond acceptors (Lipinski definition) is 5. The summed E-state index contributed by atoms with van der Waals surface area (Å²) < 4.78 is 25.3. The monoisotopic (exact) mass is 557 g/mol. The number of methoxy groups -OCH3 is 1. The summed E-state index contributed by atoms with van der Waals surface area (Å²) in [4.78, 5) is 15.2. The Kier molecular flexibility index (Phi) is 12.2. The van der Waals surface area contributed by atoms with Crippen molar-refractivity contribution >= 4 is 6.03 Å². The van der Waals surface area contributed by atoms with E-state index in [9.17, 15) is 14.3 Å². The molecule has 1 aliphatic heterocycles. The Morgan fingerprint density at radius 1 is 1.20 bits per heavy atom. The molecule has 2 amide bonds. The van der Waals surface area contributed by atoms with Crippen LogP contribution in [0.1, 0.15) is 63.5 Å². The van der Waals surface area contributed by atoms with Crippen LogP contribution < -0.4 is 15.4 Å². The lowest BCUT2D eigenvalue weighted by molar-refractivity contribution is -0.0575. The number of benzene rings is 2. The summed E-state index contributed by atoms with van der Waals surface area (Å²) in [5.74, 6) is 1.05. The van der Waals surface area contributed by atoms with Crippen molar-refractivity contribution in [2.75, 3.05) is 40.4 Å². The number of nitrogens with zero attached hydrogens (tertiary/aromatic N) is 1. The number of carbonyl (C=O) groups is 1. The molecule has 1 heterocycles. The molecule has 222 valence electrons. The Balaban J connectivity index is 1.88. The molecule has 3 atom stereocenters. The number of likely N-dealkylation sites (tertiary alicyclic amines) is 1. The van der Waals surface area contributed by atoms with Crippen LogP contribution in [0.3, 0.4) is 0 Å². The number of nitrogens with one attached hydrogen (secondary N) is 2. The second-order valence-electron chi connectivity index (χ2n) is 11.5. The first-order chi connectivity index (χ1) is 19.2. The van der Waals surface area contributed by atoms with Crippen LogP contribution in [-0.4, -0.2) is 62.5 Å². The molecule has 1 saturated heterocycles. The van der Waals surface area contributed by atoms with Gasteiger partial charge in [0.25, 0.3) is 0 Å². The van der Waals surface area contributed by atoms with Gasteiger partial charge in [-0.3, -0.25) is 0 Å². The maximum absolute atomic E-state index is 13.7.